The number of hydrogen-bond acceptors (Lipinski definition) is 4. The number of benzene rings is 1. The van der Waals surface area contributed by atoms with Gasteiger partial charge in [-0.25, -0.2) is 0 Å². The Kier molecular flexibility index (Phi) is 7.22. The van der Waals surface area contributed by atoms with Crippen molar-refractivity contribution in [1.29, 1.82) is 0 Å². The monoisotopic (exact) mass is 279 g/mol. The van der Waals surface area contributed by atoms with Crippen LogP contribution in [0.15, 0.2) is 24.3 Å². The molecule has 1 aromatic rings. The number of hydrogen-bond donors (Lipinski definition) is 2. The maximum absolute atomic E-state index is 11.9. The van der Waals surface area contributed by atoms with E-state index >= 15 is 0 Å². The Balaban J connectivity index is 2.23. The van der Waals surface area contributed by atoms with Crippen molar-refractivity contribution in [2.75, 3.05) is 40.4 Å². The fourth-order valence-corrected chi connectivity index (χ4v) is 1.63. The molecule has 112 valence electrons. The Morgan fingerprint density at radius 1 is 1.30 bits per heavy atom. The highest BCUT2D eigenvalue weighted by Gasteiger charge is 2.14. The molecule has 0 spiro atoms. The summed E-state index contributed by atoms with van der Waals surface area (Å²) in [6.07, 6.45) is 0. The fourth-order valence-electron chi connectivity index (χ4n) is 1.63. The van der Waals surface area contributed by atoms with Gasteiger partial charge >= 0.3 is 0 Å². The van der Waals surface area contributed by atoms with Crippen LogP contribution < -0.4 is 11.1 Å². The van der Waals surface area contributed by atoms with E-state index in [4.69, 9.17) is 10.5 Å². The van der Waals surface area contributed by atoms with E-state index in [-0.39, 0.29) is 5.91 Å². The van der Waals surface area contributed by atoms with Gasteiger partial charge in [0, 0.05) is 13.1 Å². The van der Waals surface area contributed by atoms with E-state index in [9.17, 15) is 4.79 Å². The van der Waals surface area contributed by atoms with Crippen LogP contribution in [0, 0.1) is 6.92 Å². The van der Waals surface area contributed by atoms with Crippen LogP contribution in [0.4, 0.5) is 0 Å². The van der Waals surface area contributed by atoms with Gasteiger partial charge in [-0.05, 0) is 26.6 Å². The molecular weight excluding hydrogens is 254 g/mol. The number of carbonyl (C=O) groups excluding carboxylic acids is 1. The Hall–Kier alpha value is -1.43. The number of rotatable bonds is 8. The van der Waals surface area contributed by atoms with E-state index in [0.29, 0.717) is 19.8 Å². The molecular formula is C15H25N3O2. The molecule has 0 radical (unpaired) electrons. The molecule has 0 aliphatic carbocycles. The summed E-state index contributed by atoms with van der Waals surface area (Å²) in [6, 6.07) is 7.04. The minimum absolute atomic E-state index is 0.176. The Labute approximate surface area is 121 Å². The largest absolute Gasteiger partial charge is 0.378 e. The summed E-state index contributed by atoms with van der Waals surface area (Å²) < 4.78 is 5.40. The lowest BCUT2D eigenvalue weighted by Gasteiger charge is -2.13. The van der Waals surface area contributed by atoms with Crippen LogP contribution in [0.5, 0.6) is 0 Å². The van der Waals surface area contributed by atoms with Gasteiger partial charge in [-0.15, -0.1) is 0 Å². The number of nitrogens with zero attached hydrogens (tertiary/aromatic N) is 1. The van der Waals surface area contributed by atoms with Gasteiger partial charge in [0.1, 0.15) is 6.04 Å². The zero-order valence-electron chi connectivity index (χ0n) is 12.6. The quantitative estimate of drug-likeness (QED) is 0.687. The van der Waals surface area contributed by atoms with E-state index < -0.39 is 6.04 Å². The number of nitrogens with two attached hydrogens (primary N) is 1. The van der Waals surface area contributed by atoms with Crippen LogP contribution >= 0.6 is 0 Å². The molecule has 5 heteroatoms. The van der Waals surface area contributed by atoms with Crippen LogP contribution in [-0.2, 0) is 9.53 Å². The molecule has 0 aliphatic heterocycles. The van der Waals surface area contributed by atoms with Crippen LogP contribution in [0.25, 0.3) is 0 Å². The highest BCUT2D eigenvalue weighted by molar-refractivity contribution is 5.82. The molecule has 0 saturated carbocycles. The third-order valence-corrected chi connectivity index (χ3v) is 2.95. The van der Waals surface area contributed by atoms with Crippen molar-refractivity contribution in [3.63, 3.8) is 0 Å². The van der Waals surface area contributed by atoms with Crippen LogP contribution in [0.2, 0.25) is 0 Å². The molecule has 3 N–H and O–H groups in total. The molecule has 0 bridgehead atoms. The van der Waals surface area contributed by atoms with Crippen LogP contribution in [0.3, 0.4) is 0 Å². The van der Waals surface area contributed by atoms with Crippen molar-refractivity contribution in [2.24, 2.45) is 5.73 Å². The van der Waals surface area contributed by atoms with Crippen LogP contribution in [0.1, 0.15) is 17.2 Å². The van der Waals surface area contributed by atoms with Gasteiger partial charge in [-0.1, -0.05) is 29.8 Å². The molecule has 20 heavy (non-hydrogen) atoms. The summed E-state index contributed by atoms with van der Waals surface area (Å²) in [5.74, 6) is -0.176. The van der Waals surface area contributed by atoms with Gasteiger partial charge in [0.25, 0.3) is 0 Å². The molecule has 1 atom stereocenters. The molecule has 5 nitrogen and oxygen atoms in total. The van der Waals surface area contributed by atoms with Crippen molar-refractivity contribution in [1.82, 2.24) is 10.2 Å². The smallest absolute Gasteiger partial charge is 0.241 e. The van der Waals surface area contributed by atoms with Crippen LogP contribution in [-0.4, -0.2) is 51.2 Å². The summed E-state index contributed by atoms with van der Waals surface area (Å²) in [7, 11) is 3.98. The maximum atomic E-state index is 11.9. The standard InChI is InChI=1S/C15H25N3O2/c1-12-4-6-13(7-5-12)14(16)15(19)17-8-10-20-11-9-18(2)3/h4-7,14H,8-11,16H2,1-3H3,(H,17,19). The zero-order chi connectivity index (χ0) is 15.0. The molecule has 1 aromatic carbocycles. The van der Waals surface area contributed by atoms with Gasteiger partial charge in [0.05, 0.1) is 13.2 Å². The van der Waals surface area contributed by atoms with Crippen molar-refractivity contribution >= 4 is 5.91 Å². The molecule has 0 aliphatic rings. The second-order valence-corrected chi connectivity index (χ2v) is 5.10. The predicted molar refractivity (Wildman–Crippen MR) is 80.5 cm³/mol. The maximum Gasteiger partial charge on any atom is 0.241 e. The van der Waals surface area contributed by atoms with Gasteiger partial charge in [-0.3, -0.25) is 4.79 Å². The molecule has 0 fully saturated rings. The first kappa shape index (κ1) is 16.6. The normalized spacial score (nSPS) is 12.4. The first-order chi connectivity index (χ1) is 9.50. The lowest BCUT2D eigenvalue weighted by molar-refractivity contribution is -0.122. The summed E-state index contributed by atoms with van der Waals surface area (Å²) in [6.45, 7) is 4.51. The number of nitrogens with one attached hydrogen (secondary N) is 1. The second kappa shape index (κ2) is 8.68. The molecule has 0 heterocycles. The van der Waals surface area contributed by atoms with Gasteiger partial charge in [0.15, 0.2) is 0 Å². The van der Waals surface area contributed by atoms with E-state index in [0.717, 1.165) is 17.7 Å². The third kappa shape index (κ3) is 6.14. The Morgan fingerprint density at radius 3 is 2.55 bits per heavy atom. The molecule has 1 amide bonds. The van der Waals surface area contributed by atoms with E-state index in [1.807, 2.05) is 50.2 Å². The van der Waals surface area contributed by atoms with Gasteiger partial charge in [0.2, 0.25) is 5.91 Å². The molecule has 1 rings (SSSR count). The van der Waals surface area contributed by atoms with Crippen molar-refractivity contribution < 1.29 is 9.53 Å². The number of likely N-dealkylation sites (N-methyl/N-ethyl adjacent to an activating group) is 1. The molecule has 0 saturated heterocycles. The first-order valence-electron chi connectivity index (χ1n) is 6.83. The van der Waals surface area contributed by atoms with Crippen molar-refractivity contribution in [2.45, 2.75) is 13.0 Å². The summed E-state index contributed by atoms with van der Waals surface area (Å²) in [5, 5.41) is 2.78. The average Bonchev–Trinajstić information content (AvgIpc) is 2.42. The van der Waals surface area contributed by atoms with E-state index in [1.165, 1.54) is 0 Å². The Morgan fingerprint density at radius 2 is 1.95 bits per heavy atom. The summed E-state index contributed by atoms with van der Waals surface area (Å²) in [5.41, 5.74) is 7.88. The predicted octanol–water partition coefficient (Wildman–Crippen LogP) is 0.689. The number of aryl methyl sites for hydroxylation is 1. The molecule has 1 unspecified atom stereocenters. The summed E-state index contributed by atoms with van der Waals surface area (Å²) in [4.78, 5) is 13.9. The number of ether oxygens (including phenoxy) is 1. The summed E-state index contributed by atoms with van der Waals surface area (Å²) >= 11 is 0. The highest BCUT2D eigenvalue weighted by atomic mass is 16.5. The topological polar surface area (TPSA) is 67.6 Å². The van der Waals surface area contributed by atoms with E-state index in [2.05, 4.69) is 5.32 Å². The lowest BCUT2D eigenvalue weighted by Crippen LogP contribution is -2.36. The first-order valence-corrected chi connectivity index (χ1v) is 6.83. The van der Waals surface area contributed by atoms with Crippen molar-refractivity contribution in [3.8, 4) is 0 Å². The minimum Gasteiger partial charge on any atom is -0.378 e. The second-order valence-electron chi connectivity index (χ2n) is 5.10. The highest BCUT2D eigenvalue weighted by Crippen LogP contribution is 2.11. The molecule has 0 aromatic heterocycles. The number of amides is 1. The third-order valence-electron chi connectivity index (χ3n) is 2.95. The van der Waals surface area contributed by atoms with Gasteiger partial charge in [-0.2, -0.15) is 0 Å². The van der Waals surface area contributed by atoms with Gasteiger partial charge < -0.3 is 20.7 Å². The van der Waals surface area contributed by atoms with Crippen molar-refractivity contribution in [3.05, 3.63) is 35.4 Å². The average molecular weight is 279 g/mol. The van der Waals surface area contributed by atoms with E-state index in [1.54, 1.807) is 0 Å². The minimum atomic E-state index is -0.627. The number of carbonyl (C=O) groups is 1. The SMILES string of the molecule is Cc1ccc(C(N)C(=O)NCCOCCN(C)C)cc1. The fraction of sp³-hybridized carbons (Fsp3) is 0.533. The lowest BCUT2D eigenvalue weighted by atomic mass is 10.1. The zero-order valence-corrected chi connectivity index (χ0v) is 12.6. The Bertz CT molecular complexity index is 404.